The molecule has 3 atom stereocenters. The van der Waals surface area contributed by atoms with E-state index in [0.29, 0.717) is 38.4 Å². The van der Waals surface area contributed by atoms with Gasteiger partial charge in [-0.05, 0) is 44.0 Å². The van der Waals surface area contributed by atoms with Gasteiger partial charge in [0.05, 0.1) is 30.7 Å². The van der Waals surface area contributed by atoms with Crippen LogP contribution in [0.25, 0.3) is 10.1 Å². The molecule has 0 saturated carbocycles. The molecular weight excluding hydrogens is 597 g/mol. The van der Waals surface area contributed by atoms with Gasteiger partial charge in [0.2, 0.25) is 5.91 Å². The Bertz CT molecular complexity index is 1560. The van der Waals surface area contributed by atoms with Gasteiger partial charge in [0.1, 0.15) is 9.25 Å². The van der Waals surface area contributed by atoms with Crippen LogP contribution in [0.15, 0.2) is 33.6 Å². The van der Waals surface area contributed by atoms with Gasteiger partial charge in [0.15, 0.2) is 0 Å². The number of carbonyl (C=O) groups is 2. The molecule has 0 N–H and O–H groups in total. The Hall–Kier alpha value is -2.67. The maximum atomic E-state index is 13.9. The number of amides is 3. The molecule has 224 valence electrons. The number of fused-ring (bicyclic) bond motifs is 2. The maximum Gasteiger partial charge on any atom is 0.340 e. The molecule has 2 aromatic rings. The topological polar surface area (TPSA) is 106 Å². The fourth-order valence-electron chi connectivity index (χ4n) is 5.85. The van der Waals surface area contributed by atoms with Crippen molar-refractivity contribution >= 4 is 60.2 Å². The van der Waals surface area contributed by atoms with E-state index in [0.717, 1.165) is 21.6 Å². The molecule has 3 fully saturated rings. The average molecular weight is 631 g/mol. The fourth-order valence-corrected chi connectivity index (χ4v) is 10.2. The highest BCUT2D eigenvalue weighted by Gasteiger charge is 2.43. The number of carbonyl (C=O) groups excluding carboxylic acids is 2. The second-order valence-electron chi connectivity index (χ2n) is 10.9. The van der Waals surface area contributed by atoms with E-state index in [9.17, 15) is 18.0 Å². The largest absolute Gasteiger partial charge is 0.378 e. The fraction of sp³-hybridized carbons (Fsp3) is 0.536. The molecule has 4 aliphatic heterocycles. The molecule has 3 saturated heterocycles. The number of terminal acetylenes is 1. The number of benzene rings is 1. The molecule has 14 heteroatoms. The normalized spacial score (nSPS) is 25.8. The molecule has 1 aromatic heterocycles. The van der Waals surface area contributed by atoms with Crippen LogP contribution in [-0.4, -0.2) is 126 Å². The van der Waals surface area contributed by atoms with Gasteiger partial charge in [0, 0.05) is 56.0 Å². The monoisotopic (exact) mass is 630 g/mol. The van der Waals surface area contributed by atoms with E-state index in [1.165, 1.54) is 20.7 Å². The first-order valence-electron chi connectivity index (χ1n) is 14.1. The van der Waals surface area contributed by atoms with E-state index in [1.54, 1.807) is 33.7 Å². The number of rotatable bonds is 4. The molecule has 11 nitrogen and oxygen atoms in total. The lowest BCUT2D eigenvalue weighted by Gasteiger charge is -2.43. The zero-order chi connectivity index (χ0) is 29.6. The van der Waals surface area contributed by atoms with Crippen LogP contribution < -0.4 is 0 Å². The first kappa shape index (κ1) is 29.4. The third kappa shape index (κ3) is 5.54. The molecule has 0 bridgehead atoms. The molecular formula is C28H34N6O5S3. The molecule has 6 rings (SSSR count). The van der Waals surface area contributed by atoms with E-state index in [-0.39, 0.29) is 53.6 Å². The van der Waals surface area contributed by atoms with E-state index < -0.39 is 16.1 Å². The quantitative estimate of drug-likeness (QED) is 0.478. The summed E-state index contributed by atoms with van der Waals surface area (Å²) in [5.74, 6) is 2.47. The number of urea groups is 1. The highest BCUT2D eigenvalue weighted by atomic mass is 32.2. The maximum absolute atomic E-state index is 13.9. The van der Waals surface area contributed by atoms with E-state index in [1.807, 2.05) is 12.1 Å². The summed E-state index contributed by atoms with van der Waals surface area (Å²) in [6, 6.07) is 6.38. The van der Waals surface area contributed by atoms with Crippen molar-refractivity contribution in [3.8, 4) is 12.3 Å². The number of hydrogen-bond acceptors (Lipinski definition) is 9. The zero-order valence-corrected chi connectivity index (χ0v) is 26.1. The van der Waals surface area contributed by atoms with Gasteiger partial charge in [-0.2, -0.15) is 9.41 Å². The predicted molar refractivity (Wildman–Crippen MR) is 164 cm³/mol. The lowest BCUT2D eigenvalue weighted by Crippen LogP contribution is -2.60. The van der Waals surface area contributed by atoms with Crippen LogP contribution in [0.5, 0.6) is 0 Å². The molecule has 4 aliphatic rings. The Morgan fingerprint density at radius 1 is 1.14 bits per heavy atom. The van der Waals surface area contributed by atoms with E-state index in [2.05, 4.69) is 24.8 Å². The summed E-state index contributed by atoms with van der Waals surface area (Å²) >= 11 is 2.83. The molecule has 0 aliphatic carbocycles. The zero-order valence-electron chi connectivity index (χ0n) is 23.6. The number of sulfonamides is 1. The van der Waals surface area contributed by atoms with Crippen molar-refractivity contribution in [3.05, 3.63) is 29.8 Å². The minimum Gasteiger partial charge on any atom is -0.378 e. The van der Waals surface area contributed by atoms with Crippen LogP contribution in [0.3, 0.4) is 0 Å². The number of hydrazone groups is 1. The van der Waals surface area contributed by atoms with Crippen LogP contribution in [-0.2, 0) is 19.6 Å². The van der Waals surface area contributed by atoms with Gasteiger partial charge in [0.25, 0.3) is 10.0 Å². The third-order valence-corrected chi connectivity index (χ3v) is 13.1. The first-order chi connectivity index (χ1) is 20.2. The SMILES string of the molecule is C#Cc1ccc2cc(S(=O)(=O)N3CCN(C(=O)N4CCC5C(=N4)SC(C)N5C)C(CC(=O)N4CCOCC4)C3)sc2c1. The molecule has 42 heavy (non-hydrogen) atoms. The van der Waals surface area contributed by atoms with Crippen molar-refractivity contribution < 1.29 is 22.7 Å². The van der Waals surface area contributed by atoms with Gasteiger partial charge in [-0.3, -0.25) is 9.69 Å². The average Bonchev–Trinajstić information content (AvgIpc) is 3.57. The third-order valence-electron chi connectivity index (χ3n) is 8.42. The first-order valence-corrected chi connectivity index (χ1v) is 17.2. The van der Waals surface area contributed by atoms with Gasteiger partial charge in [-0.15, -0.1) is 17.8 Å². The Labute approximate surface area is 254 Å². The predicted octanol–water partition coefficient (Wildman–Crippen LogP) is 2.34. The second kappa shape index (κ2) is 11.8. The van der Waals surface area contributed by atoms with Crippen LogP contribution in [0.1, 0.15) is 25.3 Å². The summed E-state index contributed by atoms with van der Waals surface area (Å²) in [4.78, 5) is 32.8. The smallest absolute Gasteiger partial charge is 0.340 e. The number of ether oxygens (including phenoxy) is 1. The number of thiophene rings is 1. The summed E-state index contributed by atoms with van der Waals surface area (Å²) in [5, 5.41) is 8.20. The highest BCUT2D eigenvalue weighted by molar-refractivity contribution is 8.14. The highest BCUT2D eigenvalue weighted by Crippen LogP contribution is 2.36. The molecule has 1 aromatic carbocycles. The van der Waals surface area contributed by atoms with Crippen molar-refractivity contribution in [1.82, 2.24) is 24.0 Å². The molecule has 0 spiro atoms. The Kier molecular flexibility index (Phi) is 8.25. The van der Waals surface area contributed by atoms with Crippen molar-refractivity contribution in [1.29, 1.82) is 0 Å². The number of nitrogens with zero attached hydrogens (tertiary/aromatic N) is 6. The number of piperazine rings is 1. The van der Waals surface area contributed by atoms with Crippen molar-refractivity contribution in [3.63, 3.8) is 0 Å². The minimum absolute atomic E-state index is 0.0234. The second-order valence-corrected chi connectivity index (χ2v) is 15.5. The lowest BCUT2D eigenvalue weighted by atomic mass is 10.1. The summed E-state index contributed by atoms with van der Waals surface area (Å²) in [6.45, 7) is 4.79. The van der Waals surface area contributed by atoms with Crippen molar-refractivity contribution in [2.45, 2.75) is 41.4 Å². The Morgan fingerprint density at radius 2 is 1.93 bits per heavy atom. The van der Waals surface area contributed by atoms with Crippen molar-refractivity contribution in [2.75, 3.05) is 59.5 Å². The minimum atomic E-state index is -3.87. The van der Waals surface area contributed by atoms with Crippen LogP contribution in [0.4, 0.5) is 4.79 Å². The van der Waals surface area contributed by atoms with Crippen LogP contribution in [0.2, 0.25) is 0 Å². The summed E-state index contributed by atoms with van der Waals surface area (Å²) in [6.07, 6.45) is 6.33. The summed E-state index contributed by atoms with van der Waals surface area (Å²) in [5.41, 5.74) is 0.687. The Balaban J connectivity index is 1.25. The lowest BCUT2D eigenvalue weighted by molar-refractivity contribution is -0.136. The van der Waals surface area contributed by atoms with Gasteiger partial charge < -0.3 is 14.5 Å². The van der Waals surface area contributed by atoms with Gasteiger partial charge in [-0.1, -0.05) is 23.7 Å². The van der Waals surface area contributed by atoms with Crippen LogP contribution in [0, 0.1) is 12.3 Å². The summed E-state index contributed by atoms with van der Waals surface area (Å²) in [7, 11) is -1.80. The number of morpholine rings is 1. The molecule has 3 unspecified atom stereocenters. The molecule has 5 heterocycles. The molecule has 0 radical (unpaired) electrons. The van der Waals surface area contributed by atoms with E-state index >= 15 is 0 Å². The summed E-state index contributed by atoms with van der Waals surface area (Å²) < 4.78 is 35.5. The van der Waals surface area contributed by atoms with Gasteiger partial charge in [-0.25, -0.2) is 18.2 Å². The van der Waals surface area contributed by atoms with E-state index in [4.69, 9.17) is 16.3 Å². The van der Waals surface area contributed by atoms with Gasteiger partial charge >= 0.3 is 6.03 Å². The Morgan fingerprint density at radius 3 is 2.69 bits per heavy atom. The van der Waals surface area contributed by atoms with Crippen molar-refractivity contribution in [2.24, 2.45) is 5.10 Å². The number of hydrogen-bond donors (Lipinski definition) is 0. The molecule has 3 amide bonds. The standard InChI is InChI=1S/C28H34N6O5S3/c1-4-20-5-6-21-16-26(41-24(21)15-20)42(37,38)32-9-10-33(22(18-32)17-25(35)31-11-13-39-14-12-31)28(36)34-8-7-23-27(29-34)40-19(2)30(23)3/h1,5-6,15-16,19,22-23H,7-14,17-18H2,2-3H3. The van der Waals surface area contributed by atoms with Crippen LogP contribution >= 0.6 is 23.1 Å². The number of thioether (sulfide) groups is 1.